The van der Waals surface area contributed by atoms with Gasteiger partial charge < -0.3 is 15.1 Å². The fourth-order valence-electron chi connectivity index (χ4n) is 2.15. The van der Waals surface area contributed by atoms with Crippen molar-refractivity contribution in [3.63, 3.8) is 0 Å². The summed E-state index contributed by atoms with van der Waals surface area (Å²) in [6.07, 6.45) is 2.11. The zero-order chi connectivity index (χ0) is 13.8. The first-order valence-corrected chi connectivity index (χ1v) is 6.18. The third-order valence-electron chi connectivity index (χ3n) is 3.19. The molecule has 1 saturated carbocycles. The van der Waals surface area contributed by atoms with Crippen molar-refractivity contribution < 1.29 is 9.66 Å². The number of hydrogen-bond donors (Lipinski definition) is 2. The first-order valence-electron chi connectivity index (χ1n) is 6.18. The second-order valence-electron chi connectivity index (χ2n) is 4.49. The number of nitrogens with zero attached hydrogens (tertiary/aromatic N) is 2. The van der Waals surface area contributed by atoms with Gasteiger partial charge in [0.2, 0.25) is 0 Å². The second kappa shape index (κ2) is 5.85. The Morgan fingerprint density at radius 2 is 2.32 bits per heavy atom. The predicted octanol–water partition coefficient (Wildman–Crippen LogP) is 1.50. The molecule has 1 fully saturated rings. The van der Waals surface area contributed by atoms with Crippen molar-refractivity contribution >= 4 is 17.1 Å². The van der Waals surface area contributed by atoms with Gasteiger partial charge in [-0.25, -0.2) is 0 Å². The van der Waals surface area contributed by atoms with Crippen LogP contribution in [-0.2, 0) is 4.74 Å². The van der Waals surface area contributed by atoms with Crippen LogP contribution in [0.3, 0.4) is 0 Å². The lowest BCUT2D eigenvalue weighted by molar-refractivity contribution is -0.383. The van der Waals surface area contributed by atoms with E-state index in [-0.39, 0.29) is 5.69 Å². The topological polar surface area (TPSA) is 93.7 Å². The Hall–Kier alpha value is -1.86. The Morgan fingerprint density at radius 3 is 2.84 bits per heavy atom. The van der Waals surface area contributed by atoms with Crippen LogP contribution < -0.4 is 16.2 Å². The van der Waals surface area contributed by atoms with Crippen molar-refractivity contribution in [2.75, 3.05) is 30.6 Å². The molecule has 1 aromatic carbocycles. The van der Waals surface area contributed by atoms with Gasteiger partial charge in [-0.3, -0.25) is 16.0 Å². The number of nitrogen functional groups attached to an aromatic ring is 1. The number of nitrogens with one attached hydrogen (secondary N) is 1. The fourth-order valence-corrected chi connectivity index (χ4v) is 2.15. The van der Waals surface area contributed by atoms with Gasteiger partial charge in [0.1, 0.15) is 11.4 Å². The molecule has 19 heavy (non-hydrogen) atoms. The van der Waals surface area contributed by atoms with Crippen molar-refractivity contribution in [2.45, 2.75) is 18.9 Å². The van der Waals surface area contributed by atoms with E-state index in [4.69, 9.17) is 10.6 Å². The summed E-state index contributed by atoms with van der Waals surface area (Å²) < 4.78 is 5.08. The highest BCUT2D eigenvalue weighted by Crippen LogP contribution is 2.40. The summed E-state index contributed by atoms with van der Waals surface area (Å²) in [7, 11) is 1.62. The van der Waals surface area contributed by atoms with Crippen molar-refractivity contribution in [3.8, 4) is 0 Å². The molecule has 0 heterocycles. The number of benzene rings is 1. The summed E-state index contributed by atoms with van der Waals surface area (Å²) in [6, 6.07) is 5.48. The Kier molecular flexibility index (Phi) is 4.18. The maximum absolute atomic E-state index is 11.3. The second-order valence-corrected chi connectivity index (χ2v) is 4.49. The average Bonchev–Trinajstić information content (AvgIpc) is 3.23. The van der Waals surface area contributed by atoms with Crippen LogP contribution >= 0.6 is 0 Å². The number of para-hydroxylation sites is 1. The SMILES string of the molecule is COCCN(c1cccc(NN)c1[N+](=O)[O-])C1CC1. The molecular formula is C12H18N4O3. The van der Waals surface area contributed by atoms with Crippen LogP contribution in [0.1, 0.15) is 12.8 Å². The molecule has 104 valence electrons. The highest BCUT2D eigenvalue weighted by Gasteiger charge is 2.33. The minimum absolute atomic E-state index is 0.0213. The Balaban J connectivity index is 2.37. The van der Waals surface area contributed by atoms with Gasteiger partial charge in [0.25, 0.3) is 0 Å². The Bertz CT molecular complexity index is 462. The van der Waals surface area contributed by atoms with Crippen LogP contribution in [0.2, 0.25) is 0 Å². The van der Waals surface area contributed by atoms with Crippen LogP contribution in [0.25, 0.3) is 0 Å². The van der Waals surface area contributed by atoms with E-state index >= 15 is 0 Å². The molecule has 0 bridgehead atoms. The molecule has 3 N–H and O–H groups in total. The van der Waals surface area contributed by atoms with Gasteiger partial charge in [-0.15, -0.1) is 0 Å². The summed E-state index contributed by atoms with van der Waals surface area (Å²) >= 11 is 0. The van der Waals surface area contributed by atoms with Gasteiger partial charge in [0, 0.05) is 19.7 Å². The number of nitrogens with two attached hydrogens (primary N) is 1. The molecule has 0 spiro atoms. The summed E-state index contributed by atoms with van der Waals surface area (Å²) in [6.45, 7) is 1.17. The van der Waals surface area contributed by atoms with E-state index in [0.29, 0.717) is 30.6 Å². The maximum atomic E-state index is 11.3. The third-order valence-corrected chi connectivity index (χ3v) is 3.19. The summed E-state index contributed by atoms with van der Waals surface area (Å²) in [5, 5.41) is 11.3. The van der Waals surface area contributed by atoms with Gasteiger partial charge in [-0.2, -0.15) is 0 Å². The number of nitro benzene ring substituents is 1. The number of ether oxygens (including phenoxy) is 1. The summed E-state index contributed by atoms with van der Waals surface area (Å²) in [5.74, 6) is 5.35. The van der Waals surface area contributed by atoms with Crippen molar-refractivity contribution in [1.29, 1.82) is 0 Å². The van der Waals surface area contributed by atoms with E-state index < -0.39 is 4.92 Å². The lowest BCUT2D eigenvalue weighted by Gasteiger charge is -2.24. The molecule has 1 aliphatic rings. The van der Waals surface area contributed by atoms with E-state index in [1.165, 1.54) is 0 Å². The standard InChI is InChI=1S/C12H18N4O3/c1-19-8-7-15(9-5-6-9)11-4-2-3-10(14-13)12(11)16(17)18/h2-4,9,14H,5-8,13H2,1H3. The first kappa shape index (κ1) is 13.6. The van der Waals surface area contributed by atoms with E-state index in [0.717, 1.165) is 12.8 Å². The van der Waals surface area contributed by atoms with Crippen LogP contribution in [0.5, 0.6) is 0 Å². The fraction of sp³-hybridized carbons (Fsp3) is 0.500. The quantitative estimate of drug-likeness (QED) is 0.441. The molecule has 0 aliphatic heterocycles. The largest absolute Gasteiger partial charge is 0.383 e. The Morgan fingerprint density at radius 1 is 1.58 bits per heavy atom. The number of rotatable bonds is 7. The summed E-state index contributed by atoms with van der Waals surface area (Å²) in [4.78, 5) is 12.9. The van der Waals surface area contributed by atoms with Crippen molar-refractivity contribution in [1.82, 2.24) is 0 Å². The van der Waals surface area contributed by atoms with E-state index in [2.05, 4.69) is 5.43 Å². The van der Waals surface area contributed by atoms with Gasteiger partial charge in [0.15, 0.2) is 0 Å². The molecule has 0 saturated heterocycles. The number of nitro groups is 1. The average molecular weight is 266 g/mol. The normalized spacial score (nSPS) is 14.2. The molecule has 2 rings (SSSR count). The smallest absolute Gasteiger partial charge is 0.316 e. The van der Waals surface area contributed by atoms with Gasteiger partial charge in [0.05, 0.1) is 11.5 Å². The molecule has 0 amide bonds. The van der Waals surface area contributed by atoms with E-state index in [1.807, 2.05) is 4.90 Å². The molecule has 1 aromatic rings. The maximum Gasteiger partial charge on any atom is 0.316 e. The zero-order valence-electron chi connectivity index (χ0n) is 10.8. The monoisotopic (exact) mass is 266 g/mol. The Labute approximate surface area is 111 Å². The van der Waals surface area contributed by atoms with Crippen LogP contribution in [0, 0.1) is 10.1 Å². The third kappa shape index (κ3) is 2.94. The molecular weight excluding hydrogens is 248 g/mol. The number of hydrogen-bond acceptors (Lipinski definition) is 6. The molecule has 7 nitrogen and oxygen atoms in total. The van der Waals surface area contributed by atoms with Crippen LogP contribution in [0.4, 0.5) is 17.1 Å². The number of hydrazine groups is 1. The molecule has 0 aromatic heterocycles. The lowest BCUT2D eigenvalue weighted by atomic mass is 10.2. The number of methoxy groups -OCH3 is 1. The molecule has 0 atom stereocenters. The van der Waals surface area contributed by atoms with Crippen molar-refractivity contribution in [2.24, 2.45) is 5.84 Å². The summed E-state index contributed by atoms with van der Waals surface area (Å²) in [5.41, 5.74) is 3.33. The minimum Gasteiger partial charge on any atom is -0.383 e. The van der Waals surface area contributed by atoms with Gasteiger partial charge in [-0.05, 0) is 25.0 Å². The van der Waals surface area contributed by atoms with Crippen molar-refractivity contribution in [3.05, 3.63) is 28.3 Å². The zero-order valence-corrected chi connectivity index (χ0v) is 10.8. The van der Waals surface area contributed by atoms with Crippen LogP contribution in [-0.4, -0.2) is 31.2 Å². The molecule has 0 unspecified atom stereocenters. The van der Waals surface area contributed by atoms with Gasteiger partial charge >= 0.3 is 5.69 Å². The van der Waals surface area contributed by atoms with E-state index in [1.54, 1.807) is 25.3 Å². The highest BCUT2D eigenvalue weighted by molar-refractivity contribution is 5.77. The predicted molar refractivity (Wildman–Crippen MR) is 73.2 cm³/mol. The molecule has 7 heteroatoms. The number of anilines is 2. The highest BCUT2D eigenvalue weighted by atomic mass is 16.6. The molecule has 0 radical (unpaired) electrons. The molecule has 1 aliphatic carbocycles. The van der Waals surface area contributed by atoms with Crippen LogP contribution in [0.15, 0.2) is 18.2 Å². The minimum atomic E-state index is -0.396. The first-order chi connectivity index (χ1) is 9.19. The van der Waals surface area contributed by atoms with Gasteiger partial charge in [-0.1, -0.05) is 6.07 Å². The van der Waals surface area contributed by atoms with E-state index in [9.17, 15) is 10.1 Å². The lowest BCUT2D eigenvalue weighted by Crippen LogP contribution is -2.30.